The van der Waals surface area contributed by atoms with Crippen molar-refractivity contribution in [1.82, 2.24) is 5.43 Å². The molecule has 2 aromatic rings. The van der Waals surface area contributed by atoms with Gasteiger partial charge in [0.2, 0.25) is 0 Å². The summed E-state index contributed by atoms with van der Waals surface area (Å²) >= 11 is 3.09. The SMILES string of the molecule is NNC(Cc1ccc(F)c(Br)c1)c1ccc(F)cc1F. The second-order valence-electron chi connectivity index (χ2n) is 4.34. The summed E-state index contributed by atoms with van der Waals surface area (Å²) in [7, 11) is 0. The first-order chi connectivity index (χ1) is 9.51. The van der Waals surface area contributed by atoms with Gasteiger partial charge in [0.15, 0.2) is 0 Å². The van der Waals surface area contributed by atoms with Crippen LogP contribution in [0.25, 0.3) is 0 Å². The minimum atomic E-state index is -0.672. The largest absolute Gasteiger partial charge is 0.271 e. The number of hydrogen-bond acceptors (Lipinski definition) is 2. The predicted octanol–water partition coefficient (Wildman–Crippen LogP) is 3.61. The third-order valence-corrected chi connectivity index (χ3v) is 3.57. The van der Waals surface area contributed by atoms with Crippen molar-refractivity contribution in [2.45, 2.75) is 12.5 Å². The molecular formula is C14H12BrF3N2. The molecule has 0 bridgehead atoms. The van der Waals surface area contributed by atoms with Crippen molar-refractivity contribution in [3.63, 3.8) is 0 Å². The smallest absolute Gasteiger partial charge is 0.137 e. The van der Waals surface area contributed by atoms with Gasteiger partial charge in [-0.1, -0.05) is 12.1 Å². The standard InChI is InChI=1S/C14H12BrF3N2/c15-11-5-8(1-4-12(11)17)6-14(20-19)10-3-2-9(16)7-13(10)18/h1-5,7,14,20H,6,19H2. The minimum Gasteiger partial charge on any atom is -0.271 e. The summed E-state index contributed by atoms with van der Waals surface area (Å²) in [4.78, 5) is 0. The molecule has 2 rings (SSSR count). The molecular weight excluding hydrogens is 333 g/mol. The summed E-state index contributed by atoms with van der Waals surface area (Å²) in [5.41, 5.74) is 3.52. The van der Waals surface area contributed by atoms with Crippen LogP contribution >= 0.6 is 15.9 Å². The van der Waals surface area contributed by atoms with Crippen LogP contribution in [0.3, 0.4) is 0 Å². The maximum atomic E-state index is 13.7. The summed E-state index contributed by atoms with van der Waals surface area (Å²) in [5.74, 6) is 3.74. The minimum absolute atomic E-state index is 0.259. The van der Waals surface area contributed by atoms with Crippen LogP contribution in [0.2, 0.25) is 0 Å². The molecule has 0 amide bonds. The molecule has 0 saturated heterocycles. The Hall–Kier alpha value is -1.37. The van der Waals surface area contributed by atoms with Gasteiger partial charge in [0.05, 0.1) is 10.5 Å². The van der Waals surface area contributed by atoms with Crippen LogP contribution in [-0.2, 0) is 6.42 Å². The molecule has 6 heteroatoms. The van der Waals surface area contributed by atoms with Crippen LogP contribution in [0.4, 0.5) is 13.2 Å². The zero-order valence-electron chi connectivity index (χ0n) is 10.3. The number of rotatable bonds is 4. The van der Waals surface area contributed by atoms with Gasteiger partial charge in [-0.25, -0.2) is 13.2 Å². The van der Waals surface area contributed by atoms with Crippen molar-refractivity contribution >= 4 is 15.9 Å². The molecule has 106 valence electrons. The van der Waals surface area contributed by atoms with Crippen molar-refractivity contribution in [2.24, 2.45) is 5.84 Å². The molecule has 20 heavy (non-hydrogen) atoms. The van der Waals surface area contributed by atoms with Crippen molar-refractivity contribution in [2.75, 3.05) is 0 Å². The van der Waals surface area contributed by atoms with Crippen LogP contribution in [0.15, 0.2) is 40.9 Å². The average molecular weight is 345 g/mol. The van der Waals surface area contributed by atoms with E-state index in [1.807, 2.05) is 0 Å². The lowest BCUT2D eigenvalue weighted by atomic mass is 9.99. The van der Waals surface area contributed by atoms with E-state index < -0.39 is 17.7 Å². The molecule has 2 nitrogen and oxygen atoms in total. The fraction of sp³-hybridized carbons (Fsp3) is 0.143. The van der Waals surface area contributed by atoms with Gasteiger partial charge in [-0.2, -0.15) is 0 Å². The molecule has 0 aliphatic heterocycles. The lowest BCUT2D eigenvalue weighted by Gasteiger charge is -2.17. The number of nitrogens with one attached hydrogen (secondary N) is 1. The molecule has 0 aliphatic carbocycles. The van der Waals surface area contributed by atoms with E-state index in [9.17, 15) is 13.2 Å². The molecule has 2 aromatic carbocycles. The van der Waals surface area contributed by atoms with Gasteiger partial charge in [-0.3, -0.25) is 11.3 Å². The average Bonchev–Trinajstić information content (AvgIpc) is 2.41. The van der Waals surface area contributed by atoms with Crippen LogP contribution in [0.1, 0.15) is 17.2 Å². The molecule has 0 fully saturated rings. The molecule has 0 heterocycles. The van der Waals surface area contributed by atoms with E-state index in [0.717, 1.165) is 11.6 Å². The highest BCUT2D eigenvalue weighted by atomic mass is 79.9. The van der Waals surface area contributed by atoms with E-state index in [4.69, 9.17) is 5.84 Å². The zero-order valence-corrected chi connectivity index (χ0v) is 11.9. The lowest BCUT2D eigenvalue weighted by molar-refractivity contribution is 0.502. The third-order valence-electron chi connectivity index (χ3n) is 2.96. The number of benzene rings is 2. The molecule has 0 aromatic heterocycles. The molecule has 0 radical (unpaired) electrons. The quantitative estimate of drug-likeness (QED) is 0.656. The van der Waals surface area contributed by atoms with Crippen LogP contribution in [0, 0.1) is 17.5 Å². The first-order valence-electron chi connectivity index (χ1n) is 5.86. The topological polar surface area (TPSA) is 38.0 Å². The lowest BCUT2D eigenvalue weighted by Crippen LogP contribution is -2.30. The summed E-state index contributed by atoms with van der Waals surface area (Å²) in [6, 6.07) is 7.28. The van der Waals surface area contributed by atoms with E-state index in [1.165, 1.54) is 18.2 Å². The van der Waals surface area contributed by atoms with E-state index in [-0.39, 0.29) is 11.4 Å². The molecule has 1 atom stereocenters. The molecule has 1 unspecified atom stereocenters. The second-order valence-corrected chi connectivity index (χ2v) is 5.19. The normalized spacial score (nSPS) is 12.4. The van der Waals surface area contributed by atoms with Crippen LogP contribution < -0.4 is 11.3 Å². The molecule has 0 spiro atoms. The Morgan fingerprint density at radius 1 is 1.05 bits per heavy atom. The summed E-state index contributed by atoms with van der Waals surface area (Å²) in [5, 5.41) is 0. The van der Waals surface area contributed by atoms with Gasteiger partial charge >= 0.3 is 0 Å². The summed E-state index contributed by atoms with van der Waals surface area (Å²) in [6.07, 6.45) is 0.345. The highest BCUT2D eigenvalue weighted by molar-refractivity contribution is 9.10. The molecule has 3 N–H and O–H groups in total. The highest BCUT2D eigenvalue weighted by Crippen LogP contribution is 2.24. The Morgan fingerprint density at radius 3 is 2.40 bits per heavy atom. The first-order valence-corrected chi connectivity index (χ1v) is 6.65. The zero-order chi connectivity index (χ0) is 14.7. The van der Waals surface area contributed by atoms with Gasteiger partial charge in [-0.15, -0.1) is 0 Å². The summed E-state index contributed by atoms with van der Waals surface area (Å²) in [6.45, 7) is 0. The number of hydrazine groups is 1. The number of hydrogen-bond donors (Lipinski definition) is 2. The predicted molar refractivity (Wildman–Crippen MR) is 74.2 cm³/mol. The fourth-order valence-electron chi connectivity index (χ4n) is 1.95. The maximum Gasteiger partial charge on any atom is 0.137 e. The Balaban J connectivity index is 2.26. The summed E-state index contributed by atoms with van der Waals surface area (Å²) < 4.78 is 40.1. The number of nitrogens with two attached hydrogens (primary N) is 1. The van der Waals surface area contributed by atoms with Crippen LogP contribution in [0.5, 0.6) is 0 Å². The van der Waals surface area contributed by atoms with E-state index >= 15 is 0 Å². The van der Waals surface area contributed by atoms with Crippen molar-refractivity contribution in [3.05, 3.63) is 69.4 Å². The van der Waals surface area contributed by atoms with E-state index in [2.05, 4.69) is 21.4 Å². The van der Waals surface area contributed by atoms with Gasteiger partial charge in [-0.05, 0) is 46.1 Å². The third kappa shape index (κ3) is 3.39. The second kappa shape index (κ2) is 6.39. The van der Waals surface area contributed by atoms with Gasteiger partial charge < -0.3 is 0 Å². The Bertz CT molecular complexity index is 619. The number of halogens is 4. The molecule has 0 aliphatic rings. The van der Waals surface area contributed by atoms with Crippen molar-refractivity contribution in [1.29, 1.82) is 0 Å². The Morgan fingerprint density at radius 2 is 1.80 bits per heavy atom. The fourth-order valence-corrected chi connectivity index (χ4v) is 2.37. The van der Waals surface area contributed by atoms with Gasteiger partial charge in [0, 0.05) is 11.6 Å². The Labute approximate surface area is 122 Å². The Kier molecular flexibility index (Phi) is 4.80. The van der Waals surface area contributed by atoms with Gasteiger partial charge in [0.25, 0.3) is 0 Å². The first kappa shape index (κ1) is 15.0. The van der Waals surface area contributed by atoms with Crippen molar-refractivity contribution < 1.29 is 13.2 Å². The molecule has 0 saturated carbocycles. The van der Waals surface area contributed by atoms with E-state index in [1.54, 1.807) is 12.1 Å². The monoisotopic (exact) mass is 344 g/mol. The van der Waals surface area contributed by atoms with Crippen LogP contribution in [-0.4, -0.2) is 0 Å². The van der Waals surface area contributed by atoms with Gasteiger partial charge in [0.1, 0.15) is 17.5 Å². The highest BCUT2D eigenvalue weighted by Gasteiger charge is 2.16. The van der Waals surface area contributed by atoms with E-state index in [0.29, 0.717) is 10.9 Å². The van der Waals surface area contributed by atoms with Crippen molar-refractivity contribution in [3.8, 4) is 0 Å². The maximum absolute atomic E-state index is 13.7.